The number of amides is 1. The number of halogens is 1. The second-order valence-corrected chi connectivity index (χ2v) is 5.51. The van der Waals surface area contributed by atoms with Crippen LogP contribution in [-0.4, -0.2) is 36.1 Å². The van der Waals surface area contributed by atoms with Gasteiger partial charge < -0.3 is 15.4 Å². The number of hydrogen-bond donors (Lipinski definition) is 1. The van der Waals surface area contributed by atoms with Crippen molar-refractivity contribution in [2.24, 2.45) is 0 Å². The first-order chi connectivity index (χ1) is 8.80. The monoisotopic (exact) mass is 266 g/mol. The van der Waals surface area contributed by atoms with Crippen LogP contribution in [0.3, 0.4) is 0 Å². The first kappa shape index (κ1) is 13.8. The average Bonchev–Trinajstić information content (AvgIpc) is 2.33. The van der Waals surface area contributed by atoms with Crippen molar-refractivity contribution in [3.8, 4) is 0 Å². The third-order valence-electron chi connectivity index (χ3n) is 3.34. The van der Waals surface area contributed by atoms with Gasteiger partial charge in [0, 0.05) is 29.9 Å². The maximum atomic E-state index is 13.6. The fourth-order valence-electron chi connectivity index (χ4n) is 2.20. The lowest BCUT2D eigenvalue weighted by molar-refractivity contribution is -0.0764. The molecule has 0 radical (unpaired) electrons. The van der Waals surface area contributed by atoms with Gasteiger partial charge >= 0.3 is 0 Å². The van der Waals surface area contributed by atoms with E-state index in [2.05, 4.69) is 0 Å². The molecule has 2 N–H and O–H groups in total. The van der Waals surface area contributed by atoms with Gasteiger partial charge in [-0.1, -0.05) is 0 Å². The molecule has 0 unspecified atom stereocenters. The van der Waals surface area contributed by atoms with Crippen LogP contribution in [0.4, 0.5) is 10.1 Å². The molecule has 0 bridgehead atoms. The summed E-state index contributed by atoms with van der Waals surface area (Å²) < 4.78 is 19.2. The van der Waals surface area contributed by atoms with E-state index in [1.165, 1.54) is 12.1 Å². The summed E-state index contributed by atoms with van der Waals surface area (Å²) in [5.74, 6) is -0.655. The number of anilines is 1. The van der Waals surface area contributed by atoms with Crippen LogP contribution in [0.25, 0.3) is 0 Å². The third kappa shape index (κ3) is 2.87. The van der Waals surface area contributed by atoms with E-state index in [0.717, 1.165) is 0 Å². The highest BCUT2D eigenvalue weighted by molar-refractivity contribution is 5.95. The van der Waals surface area contributed by atoms with E-state index in [9.17, 15) is 9.18 Å². The lowest BCUT2D eigenvalue weighted by Crippen LogP contribution is -2.50. The summed E-state index contributed by atoms with van der Waals surface area (Å²) in [4.78, 5) is 14.0. The molecule has 1 aromatic rings. The standard InChI is InChI=1S/C14H19FN2O2/c1-9-11(15)6-10(7-12(9)16)13(18)17-4-5-19-14(2,3)8-17/h6-7H,4-5,8,16H2,1-3H3. The van der Waals surface area contributed by atoms with E-state index in [-0.39, 0.29) is 11.5 Å². The van der Waals surface area contributed by atoms with Crippen LogP contribution in [0.2, 0.25) is 0 Å². The number of benzene rings is 1. The molecular formula is C14H19FN2O2. The highest BCUT2D eigenvalue weighted by Crippen LogP contribution is 2.22. The number of nitrogen functional groups attached to an aromatic ring is 1. The molecule has 1 aliphatic rings. The Balaban J connectivity index is 2.25. The van der Waals surface area contributed by atoms with Gasteiger partial charge in [-0.05, 0) is 32.9 Å². The number of nitrogens with two attached hydrogens (primary N) is 1. The SMILES string of the molecule is Cc1c(N)cc(C(=O)N2CCOC(C)(C)C2)cc1F. The highest BCUT2D eigenvalue weighted by atomic mass is 19.1. The van der Waals surface area contributed by atoms with Gasteiger partial charge in [-0.2, -0.15) is 0 Å². The molecule has 19 heavy (non-hydrogen) atoms. The first-order valence-electron chi connectivity index (χ1n) is 6.29. The molecule has 1 saturated heterocycles. The quantitative estimate of drug-likeness (QED) is 0.791. The van der Waals surface area contributed by atoms with Gasteiger partial charge in [0.15, 0.2) is 0 Å². The van der Waals surface area contributed by atoms with Crippen LogP contribution in [-0.2, 0) is 4.74 Å². The summed E-state index contributed by atoms with van der Waals surface area (Å²) in [5.41, 5.74) is 6.30. The van der Waals surface area contributed by atoms with Crippen molar-refractivity contribution in [3.05, 3.63) is 29.1 Å². The Labute approximate surface area is 112 Å². The molecule has 2 rings (SSSR count). The van der Waals surface area contributed by atoms with E-state index in [4.69, 9.17) is 10.5 Å². The number of carbonyl (C=O) groups is 1. The molecule has 0 saturated carbocycles. The summed E-state index contributed by atoms with van der Waals surface area (Å²) in [6, 6.07) is 2.78. The largest absolute Gasteiger partial charge is 0.398 e. The number of hydrogen-bond acceptors (Lipinski definition) is 3. The van der Waals surface area contributed by atoms with E-state index in [1.54, 1.807) is 11.8 Å². The van der Waals surface area contributed by atoms with Gasteiger partial charge in [0.05, 0.1) is 12.2 Å². The van der Waals surface area contributed by atoms with Crippen LogP contribution in [0, 0.1) is 12.7 Å². The lowest BCUT2D eigenvalue weighted by Gasteiger charge is -2.38. The topological polar surface area (TPSA) is 55.6 Å². The summed E-state index contributed by atoms with van der Waals surface area (Å²) in [6.45, 7) is 6.94. The third-order valence-corrected chi connectivity index (χ3v) is 3.34. The molecule has 1 heterocycles. The molecule has 0 aliphatic carbocycles. The fraction of sp³-hybridized carbons (Fsp3) is 0.500. The molecule has 104 valence electrons. The van der Waals surface area contributed by atoms with Crippen molar-refractivity contribution in [2.75, 3.05) is 25.4 Å². The molecular weight excluding hydrogens is 247 g/mol. The zero-order valence-electron chi connectivity index (χ0n) is 11.5. The molecule has 1 aromatic carbocycles. The minimum absolute atomic E-state index is 0.207. The van der Waals surface area contributed by atoms with Crippen LogP contribution < -0.4 is 5.73 Å². The molecule has 1 aliphatic heterocycles. The number of rotatable bonds is 1. The smallest absolute Gasteiger partial charge is 0.254 e. The zero-order chi connectivity index (χ0) is 14.2. The van der Waals surface area contributed by atoms with Gasteiger partial charge in [0.25, 0.3) is 5.91 Å². The molecule has 0 aromatic heterocycles. The van der Waals surface area contributed by atoms with Crippen LogP contribution >= 0.6 is 0 Å². The van der Waals surface area contributed by atoms with Gasteiger partial charge in [-0.25, -0.2) is 4.39 Å². The van der Waals surface area contributed by atoms with Crippen molar-refractivity contribution in [3.63, 3.8) is 0 Å². The maximum Gasteiger partial charge on any atom is 0.254 e. The van der Waals surface area contributed by atoms with E-state index >= 15 is 0 Å². The van der Waals surface area contributed by atoms with E-state index in [0.29, 0.717) is 36.5 Å². The predicted molar refractivity (Wildman–Crippen MR) is 71.5 cm³/mol. The van der Waals surface area contributed by atoms with Gasteiger partial charge in [0.1, 0.15) is 5.82 Å². The number of morpholine rings is 1. The van der Waals surface area contributed by atoms with Gasteiger partial charge in [-0.15, -0.1) is 0 Å². The number of carbonyl (C=O) groups excluding carboxylic acids is 1. The maximum absolute atomic E-state index is 13.6. The van der Waals surface area contributed by atoms with Crippen molar-refractivity contribution < 1.29 is 13.9 Å². The van der Waals surface area contributed by atoms with Crippen molar-refractivity contribution in [2.45, 2.75) is 26.4 Å². The normalized spacial score (nSPS) is 18.4. The second-order valence-electron chi connectivity index (χ2n) is 5.51. The first-order valence-corrected chi connectivity index (χ1v) is 6.29. The Kier molecular flexibility index (Phi) is 3.49. The minimum atomic E-state index is -0.448. The summed E-state index contributed by atoms with van der Waals surface area (Å²) in [5, 5.41) is 0. The summed E-state index contributed by atoms with van der Waals surface area (Å²) >= 11 is 0. The molecule has 0 spiro atoms. The minimum Gasteiger partial charge on any atom is -0.398 e. The predicted octanol–water partition coefficient (Wildman–Crippen LogP) is 1.97. The summed E-state index contributed by atoms with van der Waals surface area (Å²) in [7, 11) is 0. The zero-order valence-corrected chi connectivity index (χ0v) is 11.5. The van der Waals surface area contributed by atoms with Gasteiger partial charge in [-0.3, -0.25) is 4.79 Å². The summed E-state index contributed by atoms with van der Waals surface area (Å²) in [6.07, 6.45) is 0. The van der Waals surface area contributed by atoms with Gasteiger partial charge in [0.2, 0.25) is 0 Å². The molecule has 1 fully saturated rings. The average molecular weight is 266 g/mol. The Morgan fingerprint density at radius 2 is 2.16 bits per heavy atom. The number of ether oxygens (including phenoxy) is 1. The lowest BCUT2D eigenvalue weighted by atomic mass is 10.0. The van der Waals surface area contributed by atoms with E-state index < -0.39 is 5.82 Å². The number of nitrogens with zero attached hydrogens (tertiary/aromatic N) is 1. The van der Waals surface area contributed by atoms with Crippen molar-refractivity contribution in [1.29, 1.82) is 0 Å². The molecule has 0 atom stereocenters. The second kappa shape index (κ2) is 4.81. The van der Waals surface area contributed by atoms with Crippen LogP contribution in [0.5, 0.6) is 0 Å². The fourth-order valence-corrected chi connectivity index (χ4v) is 2.20. The Morgan fingerprint density at radius 3 is 2.74 bits per heavy atom. The van der Waals surface area contributed by atoms with Crippen molar-refractivity contribution >= 4 is 11.6 Å². The Morgan fingerprint density at radius 1 is 1.47 bits per heavy atom. The molecule has 5 heteroatoms. The van der Waals surface area contributed by atoms with Crippen molar-refractivity contribution in [1.82, 2.24) is 4.90 Å². The highest BCUT2D eigenvalue weighted by Gasteiger charge is 2.30. The Hall–Kier alpha value is -1.62. The Bertz CT molecular complexity index is 491. The van der Waals surface area contributed by atoms with E-state index in [1.807, 2.05) is 13.8 Å². The van der Waals surface area contributed by atoms with Crippen LogP contribution in [0.15, 0.2) is 12.1 Å². The molecule has 4 nitrogen and oxygen atoms in total. The van der Waals surface area contributed by atoms with Crippen LogP contribution in [0.1, 0.15) is 29.8 Å². The molecule has 1 amide bonds.